The van der Waals surface area contributed by atoms with Crippen LogP contribution in [0.25, 0.3) is 0 Å². The van der Waals surface area contributed by atoms with E-state index in [4.69, 9.17) is 4.74 Å². The van der Waals surface area contributed by atoms with E-state index in [1.54, 1.807) is 0 Å². The predicted octanol–water partition coefficient (Wildman–Crippen LogP) is 6.32. The van der Waals surface area contributed by atoms with E-state index < -0.39 is 6.10 Å². The van der Waals surface area contributed by atoms with Gasteiger partial charge in [0.2, 0.25) is 0 Å². The van der Waals surface area contributed by atoms with Gasteiger partial charge in [0.15, 0.2) is 6.10 Å². The molecule has 0 aliphatic heterocycles. The van der Waals surface area contributed by atoms with Crippen molar-refractivity contribution in [2.24, 2.45) is 0 Å². The van der Waals surface area contributed by atoms with E-state index in [0.717, 1.165) is 11.3 Å². The first-order chi connectivity index (χ1) is 13.4. The van der Waals surface area contributed by atoms with Crippen LogP contribution in [-0.4, -0.2) is 12.0 Å². The van der Waals surface area contributed by atoms with Crippen LogP contribution in [0.1, 0.15) is 84.5 Å². The van der Waals surface area contributed by atoms with E-state index in [1.807, 2.05) is 26.0 Å². The van der Waals surface area contributed by atoms with Gasteiger partial charge in [-0.25, -0.2) is 0 Å². The van der Waals surface area contributed by atoms with Crippen molar-refractivity contribution in [3.05, 3.63) is 65.2 Å². The largest absolute Gasteiger partial charge is 0.481 e. The second-order valence-corrected chi connectivity index (χ2v) is 9.89. The molecule has 0 saturated heterocycles. The van der Waals surface area contributed by atoms with Crippen LogP contribution in [0.5, 0.6) is 5.75 Å². The maximum Gasteiger partial charge on any atom is 0.261 e. The van der Waals surface area contributed by atoms with Crippen LogP contribution < -0.4 is 10.1 Å². The summed E-state index contributed by atoms with van der Waals surface area (Å²) < 4.78 is 5.98. The lowest BCUT2D eigenvalue weighted by atomic mass is 9.86. The minimum Gasteiger partial charge on any atom is -0.481 e. The molecule has 0 bridgehead atoms. The average molecular weight is 396 g/mol. The van der Waals surface area contributed by atoms with E-state index in [1.165, 1.54) is 11.1 Å². The van der Waals surface area contributed by atoms with Crippen molar-refractivity contribution in [3.8, 4) is 5.75 Å². The van der Waals surface area contributed by atoms with E-state index >= 15 is 0 Å². The van der Waals surface area contributed by atoms with Gasteiger partial charge in [-0.2, -0.15) is 0 Å². The van der Waals surface area contributed by atoms with Crippen LogP contribution in [0.3, 0.4) is 0 Å². The number of benzene rings is 2. The van der Waals surface area contributed by atoms with Gasteiger partial charge in [0.25, 0.3) is 5.91 Å². The number of amides is 1. The van der Waals surface area contributed by atoms with Gasteiger partial charge in [0.05, 0.1) is 6.04 Å². The number of hydrogen-bond donors (Lipinski definition) is 1. The summed E-state index contributed by atoms with van der Waals surface area (Å²) in [6, 6.07) is 16.4. The molecular weight excluding hydrogens is 358 g/mol. The van der Waals surface area contributed by atoms with Gasteiger partial charge in [0.1, 0.15) is 5.75 Å². The monoisotopic (exact) mass is 395 g/mol. The Balaban J connectivity index is 2.02. The van der Waals surface area contributed by atoms with Crippen molar-refractivity contribution in [1.82, 2.24) is 5.32 Å². The molecule has 29 heavy (non-hydrogen) atoms. The van der Waals surface area contributed by atoms with E-state index in [9.17, 15) is 4.79 Å². The fourth-order valence-electron chi connectivity index (χ4n) is 3.18. The lowest BCUT2D eigenvalue weighted by Crippen LogP contribution is -2.39. The third kappa shape index (κ3) is 6.35. The Morgan fingerprint density at radius 1 is 0.862 bits per heavy atom. The minimum atomic E-state index is -0.508. The van der Waals surface area contributed by atoms with Crippen molar-refractivity contribution in [2.75, 3.05) is 0 Å². The molecule has 0 aliphatic carbocycles. The standard InChI is InChI=1S/C26H37NO2/c1-9-23(29-22-16-14-21(15-17-22)26(6,7)8)24(28)27-18(2)19-10-12-20(13-11-19)25(3,4)5/h10-18,23H,9H2,1-8H3,(H,27,28)/t18-,23+/m0/s1. The highest BCUT2D eigenvalue weighted by atomic mass is 16.5. The lowest BCUT2D eigenvalue weighted by molar-refractivity contribution is -0.128. The predicted molar refractivity (Wildman–Crippen MR) is 122 cm³/mol. The normalized spacial score (nSPS) is 14.2. The topological polar surface area (TPSA) is 38.3 Å². The molecule has 0 aliphatic rings. The molecule has 1 amide bonds. The van der Waals surface area contributed by atoms with Crippen LogP contribution in [-0.2, 0) is 15.6 Å². The first kappa shape index (κ1) is 23.0. The molecule has 0 aromatic heterocycles. The molecule has 0 saturated carbocycles. The van der Waals surface area contributed by atoms with E-state index in [-0.39, 0.29) is 22.8 Å². The fraction of sp³-hybridized carbons (Fsp3) is 0.500. The summed E-state index contributed by atoms with van der Waals surface area (Å²) in [5.74, 6) is 0.641. The van der Waals surface area contributed by atoms with Gasteiger partial charge in [-0.05, 0) is 53.0 Å². The molecule has 3 heteroatoms. The number of nitrogens with one attached hydrogen (secondary N) is 1. The van der Waals surface area contributed by atoms with Crippen molar-refractivity contribution in [3.63, 3.8) is 0 Å². The molecule has 2 atom stereocenters. The summed E-state index contributed by atoms with van der Waals surface area (Å²) >= 11 is 0. The van der Waals surface area contributed by atoms with Crippen LogP contribution >= 0.6 is 0 Å². The third-order valence-corrected chi connectivity index (χ3v) is 5.30. The smallest absolute Gasteiger partial charge is 0.261 e. The highest BCUT2D eigenvalue weighted by Crippen LogP contribution is 2.26. The van der Waals surface area contributed by atoms with Gasteiger partial charge in [-0.3, -0.25) is 4.79 Å². The summed E-state index contributed by atoms with van der Waals surface area (Å²) in [7, 11) is 0. The molecule has 0 fully saturated rings. The van der Waals surface area contributed by atoms with E-state index in [2.05, 4.69) is 83.3 Å². The van der Waals surface area contributed by atoms with Crippen LogP contribution in [0.4, 0.5) is 0 Å². The number of hydrogen-bond acceptors (Lipinski definition) is 2. The summed E-state index contributed by atoms with van der Waals surface area (Å²) in [6.45, 7) is 17.1. The number of ether oxygens (including phenoxy) is 1. The van der Waals surface area contributed by atoms with Crippen molar-refractivity contribution >= 4 is 5.91 Å². The van der Waals surface area contributed by atoms with Gasteiger partial charge in [0, 0.05) is 0 Å². The Kier molecular flexibility index (Phi) is 7.15. The molecule has 3 nitrogen and oxygen atoms in total. The molecule has 158 valence electrons. The van der Waals surface area contributed by atoms with Crippen LogP contribution in [0.15, 0.2) is 48.5 Å². The Hall–Kier alpha value is -2.29. The summed E-state index contributed by atoms with van der Waals surface area (Å²) in [5, 5.41) is 3.10. The molecule has 1 N–H and O–H groups in total. The van der Waals surface area contributed by atoms with E-state index in [0.29, 0.717) is 6.42 Å². The number of rotatable bonds is 6. The Morgan fingerprint density at radius 2 is 1.31 bits per heavy atom. The maximum atomic E-state index is 12.8. The Morgan fingerprint density at radius 3 is 1.72 bits per heavy atom. The molecule has 2 aromatic carbocycles. The second-order valence-electron chi connectivity index (χ2n) is 9.89. The summed E-state index contributed by atoms with van der Waals surface area (Å²) in [4.78, 5) is 12.8. The quantitative estimate of drug-likeness (QED) is 0.622. The average Bonchev–Trinajstić information content (AvgIpc) is 2.65. The highest BCUT2D eigenvalue weighted by molar-refractivity contribution is 5.81. The molecule has 0 radical (unpaired) electrons. The van der Waals surface area contributed by atoms with Crippen molar-refractivity contribution < 1.29 is 9.53 Å². The zero-order valence-corrected chi connectivity index (χ0v) is 19.3. The Bertz CT molecular complexity index is 793. The van der Waals surface area contributed by atoms with Crippen LogP contribution in [0, 0.1) is 0 Å². The van der Waals surface area contributed by atoms with Gasteiger partial charge in [-0.15, -0.1) is 0 Å². The van der Waals surface area contributed by atoms with Gasteiger partial charge >= 0.3 is 0 Å². The second kappa shape index (κ2) is 9.02. The summed E-state index contributed by atoms with van der Waals surface area (Å²) in [5.41, 5.74) is 3.84. The minimum absolute atomic E-state index is 0.0718. The SMILES string of the molecule is CC[C@@H](Oc1ccc(C(C)(C)C)cc1)C(=O)N[C@@H](C)c1ccc(C(C)(C)C)cc1. The third-order valence-electron chi connectivity index (χ3n) is 5.30. The molecular formula is C26H37NO2. The highest BCUT2D eigenvalue weighted by Gasteiger charge is 2.22. The fourth-order valence-corrected chi connectivity index (χ4v) is 3.18. The lowest BCUT2D eigenvalue weighted by Gasteiger charge is -2.23. The first-order valence-electron chi connectivity index (χ1n) is 10.6. The Labute approximate surface area is 176 Å². The molecule has 0 heterocycles. The first-order valence-corrected chi connectivity index (χ1v) is 10.6. The van der Waals surface area contributed by atoms with Gasteiger partial charge in [-0.1, -0.05) is 84.9 Å². The summed E-state index contributed by atoms with van der Waals surface area (Å²) in [6.07, 6.45) is 0.106. The van der Waals surface area contributed by atoms with Crippen molar-refractivity contribution in [1.29, 1.82) is 0 Å². The maximum absolute atomic E-state index is 12.8. The number of carbonyl (C=O) groups is 1. The molecule has 0 unspecified atom stereocenters. The zero-order chi connectivity index (χ0) is 21.8. The van der Waals surface area contributed by atoms with Crippen LogP contribution in [0.2, 0.25) is 0 Å². The molecule has 2 rings (SSSR count). The number of carbonyl (C=O) groups excluding carboxylic acids is 1. The van der Waals surface area contributed by atoms with Crippen molar-refractivity contribution in [2.45, 2.75) is 84.8 Å². The zero-order valence-electron chi connectivity index (χ0n) is 19.3. The molecule has 0 spiro atoms. The van der Waals surface area contributed by atoms with Gasteiger partial charge < -0.3 is 10.1 Å². The molecule has 2 aromatic rings.